The van der Waals surface area contributed by atoms with Gasteiger partial charge in [-0.05, 0) is 24.6 Å². The molecule has 1 unspecified atom stereocenters. The molecule has 2 aromatic rings. The molecule has 2 rings (SSSR count). The molecule has 0 radical (unpaired) electrons. The lowest BCUT2D eigenvalue weighted by Gasteiger charge is -2.13. The second-order valence-corrected chi connectivity index (χ2v) is 4.70. The van der Waals surface area contributed by atoms with E-state index in [9.17, 15) is 4.79 Å². The van der Waals surface area contributed by atoms with Gasteiger partial charge in [0.05, 0.1) is 23.5 Å². The van der Waals surface area contributed by atoms with Crippen LogP contribution in [0.3, 0.4) is 0 Å². The second kappa shape index (κ2) is 6.57. The number of amides is 1. The maximum atomic E-state index is 11.3. The molecule has 0 saturated carbocycles. The topological polar surface area (TPSA) is 82.7 Å². The van der Waals surface area contributed by atoms with Crippen LogP contribution in [0.1, 0.15) is 24.1 Å². The van der Waals surface area contributed by atoms with Gasteiger partial charge in [-0.1, -0.05) is 12.1 Å². The molecular formula is C15H17N5O. The molecule has 1 heterocycles. The number of nitrogens with zero attached hydrogens (tertiary/aromatic N) is 3. The normalized spacial score (nSPS) is 11.5. The summed E-state index contributed by atoms with van der Waals surface area (Å²) >= 11 is 0. The first-order valence-electron chi connectivity index (χ1n) is 6.62. The van der Waals surface area contributed by atoms with E-state index in [2.05, 4.69) is 21.8 Å². The number of anilines is 1. The van der Waals surface area contributed by atoms with Gasteiger partial charge in [0, 0.05) is 19.3 Å². The van der Waals surface area contributed by atoms with Gasteiger partial charge in [-0.25, -0.2) is 0 Å². The quantitative estimate of drug-likeness (QED) is 0.874. The predicted octanol–water partition coefficient (Wildman–Crippen LogP) is 1.67. The van der Waals surface area contributed by atoms with Crippen molar-refractivity contribution in [3.63, 3.8) is 0 Å². The minimum absolute atomic E-state index is 0.0791. The molecule has 0 aliphatic heterocycles. The second-order valence-electron chi connectivity index (χ2n) is 4.70. The van der Waals surface area contributed by atoms with E-state index in [-0.39, 0.29) is 18.5 Å². The molecule has 1 amide bonds. The molecule has 21 heavy (non-hydrogen) atoms. The molecule has 0 aliphatic carbocycles. The van der Waals surface area contributed by atoms with Gasteiger partial charge in [-0.15, -0.1) is 0 Å². The zero-order chi connectivity index (χ0) is 15.2. The predicted molar refractivity (Wildman–Crippen MR) is 79.5 cm³/mol. The summed E-state index contributed by atoms with van der Waals surface area (Å²) in [6.07, 6.45) is 3.47. The molecule has 0 bridgehead atoms. The Morgan fingerprint density at radius 1 is 1.43 bits per heavy atom. The minimum atomic E-state index is -0.0928. The molecule has 2 N–H and O–H groups in total. The molecule has 1 atom stereocenters. The van der Waals surface area contributed by atoms with E-state index in [1.807, 2.05) is 19.1 Å². The maximum absolute atomic E-state index is 11.3. The number of rotatable bonds is 5. The number of hydrogen-bond donors (Lipinski definition) is 2. The van der Waals surface area contributed by atoms with Gasteiger partial charge in [0.15, 0.2) is 0 Å². The number of carbonyl (C=O) groups is 1. The van der Waals surface area contributed by atoms with Crippen LogP contribution in [-0.2, 0) is 11.3 Å². The summed E-state index contributed by atoms with van der Waals surface area (Å²) in [6.45, 7) is 2.22. The van der Waals surface area contributed by atoms with Crippen molar-refractivity contribution in [2.24, 2.45) is 0 Å². The van der Waals surface area contributed by atoms with Crippen molar-refractivity contribution in [3.8, 4) is 6.07 Å². The Morgan fingerprint density at radius 3 is 2.76 bits per heavy atom. The van der Waals surface area contributed by atoms with E-state index in [4.69, 9.17) is 5.26 Å². The van der Waals surface area contributed by atoms with Crippen LogP contribution in [0.2, 0.25) is 0 Å². The van der Waals surface area contributed by atoms with Crippen molar-refractivity contribution in [1.29, 1.82) is 5.26 Å². The van der Waals surface area contributed by atoms with Crippen LogP contribution in [-0.4, -0.2) is 22.7 Å². The van der Waals surface area contributed by atoms with Gasteiger partial charge >= 0.3 is 0 Å². The Kier molecular flexibility index (Phi) is 4.57. The zero-order valence-electron chi connectivity index (χ0n) is 12.0. The highest BCUT2D eigenvalue weighted by Gasteiger charge is 2.08. The first-order chi connectivity index (χ1) is 10.1. The van der Waals surface area contributed by atoms with E-state index in [1.165, 1.54) is 0 Å². The summed E-state index contributed by atoms with van der Waals surface area (Å²) in [5.74, 6) is -0.0928. The van der Waals surface area contributed by atoms with E-state index >= 15 is 0 Å². The molecule has 6 nitrogen and oxygen atoms in total. The largest absolute Gasteiger partial charge is 0.376 e. The van der Waals surface area contributed by atoms with E-state index in [0.717, 1.165) is 11.3 Å². The summed E-state index contributed by atoms with van der Waals surface area (Å²) in [5, 5.41) is 18.8. The van der Waals surface area contributed by atoms with Crippen LogP contribution in [0, 0.1) is 11.3 Å². The van der Waals surface area contributed by atoms with Gasteiger partial charge in [0.1, 0.15) is 6.54 Å². The third-order valence-electron chi connectivity index (χ3n) is 3.14. The lowest BCUT2D eigenvalue weighted by atomic mass is 10.1. The number of likely N-dealkylation sites (N-methyl/N-ethyl adjacent to an activating group) is 1. The van der Waals surface area contributed by atoms with Gasteiger partial charge in [0.2, 0.25) is 5.91 Å². The number of carbonyl (C=O) groups excluding carboxylic acids is 1. The lowest BCUT2D eigenvalue weighted by molar-refractivity contribution is -0.121. The smallest absolute Gasteiger partial charge is 0.241 e. The minimum Gasteiger partial charge on any atom is -0.376 e. The Labute approximate surface area is 123 Å². The molecule has 108 valence electrons. The van der Waals surface area contributed by atoms with E-state index < -0.39 is 0 Å². The molecule has 0 fully saturated rings. The molecule has 0 aliphatic rings. The fraction of sp³-hybridized carbons (Fsp3) is 0.267. The summed E-state index contributed by atoms with van der Waals surface area (Å²) in [4.78, 5) is 11.3. The van der Waals surface area contributed by atoms with Crippen LogP contribution >= 0.6 is 0 Å². The fourth-order valence-electron chi connectivity index (χ4n) is 1.93. The van der Waals surface area contributed by atoms with Crippen molar-refractivity contribution >= 4 is 11.6 Å². The Hall–Kier alpha value is -2.81. The third-order valence-corrected chi connectivity index (χ3v) is 3.14. The van der Waals surface area contributed by atoms with E-state index in [0.29, 0.717) is 5.56 Å². The molecule has 0 spiro atoms. The number of aromatic nitrogens is 2. The fourth-order valence-corrected chi connectivity index (χ4v) is 1.93. The number of hydrogen-bond acceptors (Lipinski definition) is 4. The van der Waals surface area contributed by atoms with Crippen LogP contribution < -0.4 is 10.6 Å². The maximum Gasteiger partial charge on any atom is 0.241 e. The molecule has 6 heteroatoms. The van der Waals surface area contributed by atoms with Crippen molar-refractivity contribution in [2.75, 3.05) is 12.4 Å². The third kappa shape index (κ3) is 3.83. The van der Waals surface area contributed by atoms with Crippen LogP contribution in [0.4, 0.5) is 5.69 Å². The monoisotopic (exact) mass is 283 g/mol. The summed E-state index contributed by atoms with van der Waals surface area (Å²) in [5.41, 5.74) is 2.56. The van der Waals surface area contributed by atoms with Crippen molar-refractivity contribution in [1.82, 2.24) is 15.1 Å². The highest BCUT2D eigenvalue weighted by molar-refractivity contribution is 5.75. The average Bonchev–Trinajstić information content (AvgIpc) is 2.94. The van der Waals surface area contributed by atoms with Gasteiger partial charge in [0.25, 0.3) is 0 Å². The Bertz CT molecular complexity index is 653. The number of nitriles is 1. The molecular weight excluding hydrogens is 266 g/mol. The van der Waals surface area contributed by atoms with Crippen molar-refractivity contribution in [3.05, 3.63) is 47.8 Å². The average molecular weight is 283 g/mol. The standard InChI is InChI=1S/C15H17N5O/c1-11(13-5-3-12(7-16)4-6-13)19-14-8-18-20(9-14)10-15(21)17-2/h3-6,8-9,11,19H,10H2,1-2H3,(H,17,21). The van der Waals surface area contributed by atoms with Crippen molar-refractivity contribution < 1.29 is 4.79 Å². The van der Waals surface area contributed by atoms with Crippen LogP contribution in [0.25, 0.3) is 0 Å². The van der Waals surface area contributed by atoms with Gasteiger partial charge < -0.3 is 10.6 Å². The van der Waals surface area contributed by atoms with E-state index in [1.54, 1.807) is 36.3 Å². The summed E-state index contributed by atoms with van der Waals surface area (Å²) < 4.78 is 1.58. The lowest BCUT2D eigenvalue weighted by Crippen LogP contribution is -2.23. The summed E-state index contributed by atoms with van der Waals surface area (Å²) in [6, 6.07) is 9.61. The van der Waals surface area contributed by atoms with Gasteiger partial charge in [-0.3, -0.25) is 9.48 Å². The number of nitrogens with one attached hydrogen (secondary N) is 2. The van der Waals surface area contributed by atoms with Crippen LogP contribution in [0.15, 0.2) is 36.7 Å². The summed E-state index contributed by atoms with van der Waals surface area (Å²) in [7, 11) is 1.60. The van der Waals surface area contributed by atoms with Crippen molar-refractivity contribution in [2.45, 2.75) is 19.5 Å². The molecule has 1 aromatic carbocycles. The van der Waals surface area contributed by atoms with Crippen LogP contribution in [0.5, 0.6) is 0 Å². The first-order valence-corrected chi connectivity index (χ1v) is 6.62. The molecule has 1 aromatic heterocycles. The molecule has 0 saturated heterocycles. The Morgan fingerprint density at radius 2 is 2.14 bits per heavy atom. The van der Waals surface area contributed by atoms with Gasteiger partial charge in [-0.2, -0.15) is 10.4 Å². The number of benzene rings is 1. The highest BCUT2D eigenvalue weighted by Crippen LogP contribution is 2.19. The zero-order valence-corrected chi connectivity index (χ0v) is 12.0. The SMILES string of the molecule is CNC(=O)Cn1cc(NC(C)c2ccc(C#N)cc2)cn1. The first kappa shape index (κ1) is 14.6. The highest BCUT2D eigenvalue weighted by atomic mass is 16.1. The Balaban J connectivity index is 2.00.